The lowest BCUT2D eigenvalue weighted by Gasteiger charge is -2.38. The number of ether oxygens (including phenoxy) is 1. The maximum atomic E-state index is 12.2. The fourth-order valence-corrected chi connectivity index (χ4v) is 3.34. The highest BCUT2D eigenvalue weighted by atomic mass is 79.9. The zero-order valence-electron chi connectivity index (χ0n) is 11.5. The van der Waals surface area contributed by atoms with Crippen LogP contribution in [0.2, 0.25) is 0 Å². The Kier molecular flexibility index (Phi) is 4.50. The molecule has 0 atom stereocenters. The number of hydrogen-bond acceptors (Lipinski definition) is 2. The van der Waals surface area contributed by atoms with Crippen LogP contribution >= 0.6 is 15.9 Å². The van der Waals surface area contributed by atoms with Crippen molar-refractivity contribution in [2.45, 2.75) is 26.7 Å². The van der Waals surface area contributed by atoms with Gasteiger partial charge >= 0.3 is 0 Å². The summed E-state index contributed by atoms with van der Waals surface area (Å²) in [6.45, 7) is 5.25. The zero-order valence-corrected chi connectivity index (χ0v) is 13.1. The highest BCUT2D eigenvalue weighted by molar-refractivity contribution is 9.09. The molecule has 0 bridgehead atoms. The van der Waals surface area contributed by atoms with E-state index in [0.29, 0.717) is 0 Å². The van der Waals surface area contributed by atoms with Gasteiger partial charge in [0.05, 0.1) is 5.69 Å². The minimum Gasteiger partial charge on any atom is -0.482 e. The summed E-state index contributed by atoms with van der Waals surface area (Å²) in [6, 6.07) is 7.75. The van der Waals surface area contributed by atoms with Gasteiger partial charge in [0.2, 0.25) is 0 Å². The molecule has 104 valence electrons. The molecule has 0 radical (unpaired) electrons. The molecule has 1 aromatic rings. The molecule has 3 nitrogen and oxygen atoms in total. The molecular weight excluding hydrogens is 306 g/mol. The highest BCUT2D eigenvalue weighted by Crippen LogP contribution is 2.37. The lowest BCUT2D eigenvalue weighted by molar-refractivity contribution is -0.121. The van der Waals surface area contributed by atoms with Crippen molar-refractivity contribution in [1.82, 2.24) is 0 Å². The minimum atomic E-state index is 0.0472. The van der Waals surface area contributed by atoms with Crippen LogP contribution in [0, 0.1) is 5.41 Å². The second kappa shape index (κ2) is 5.95. The Morgan fingerprint density at radius 3 is 2.63 bits per heavy atom. The van der Waals surface area contributed by atoms with E-state index < -0.39 is 0 Å². The number of nitrogens with zero attached hydrogens (tertiary/aromatic N) is 1. The number of hydrogen-bond donors (Lipinski definition) is 0. The van der Waals surface area contributed by atoms with Gasteiger partial charge in [-0.1, -0.05) is 41.9 Å². The van der Waals surface area contributed by atoms with Gasteiger partial charge in [-0.05, 0) is 30.4 Å². The molecule has 1 aromatic carbocycles. The van der Waals surface area contributed by atoms with Crippen molar-refractivity contribution in [1.29, 1.82) is 0 Å². The standard InChI is InChI=1S/C15H20BrNO2/c1-3-15(4-2,10-16)11-17-12-7-5-6-8-13(12)19-9-14(17)18/h5-8H,3-4,9-11H2,1-2H3. The van der Waals surface area contributed by atoms with Crippen LogP contribution in [-0.4, -0.2) is 24.4 Å². The number of alkyl halides is 1. The fourth-order valence-electron chi connectivity index (χ4n) is 2.37. The average molecular weight is 326 g/mol. The molecular formula is C15H20BrNO2. The monoisotopic (exact) mass is 325 g/mol. The van der Waals surface area contributed by atoms with Gasteiger partial charge in [0.1, 0.15) is 5.75 Å². The Bertz CT molecular complexity index is 449. The SMILES string of the molecule is CCC(CC)(CBr)CN1C(=O)COc2ccccc21. The number of carbonyl (C=O) groups excluding carboxylic acids is 1. The van der Waals surface area contributed by atoms with Gasteiger partial charge in [-0.3, -0.25) is 4.79 Å². The average Bonchev–Trinajstić information content (AvgIpc) is 2.47. The Morgan fingerprint density at radius 1 is 1.32 bits per heavy atom. The number of benzene rings is 1. The molecule has 4 heteroatoms. The van der Waals surface area contributed by atoms with Crippen molar-refractivity contribution >= 4 is 27.5 Å². The van der Waals surface area contributed by atoms with E-state index >= 15 is 0 Å². The maximum Gasteiger partial charge on any atom is 0.265 e. The van der Waals surface area contributed by atoms with Gasteiger partial charge in [0.25, 0.3) is 5.91 Å². The van der Waals surface area contributed by atoms with Crippen LogP contribution < -0.4 is 9.64 Å². The normalized spacial score (nSPS) is 15.1. The van der Waals surface area contributed by atoms with Crippen molar-refractivity contribution in [3.05, 3.63) is 24.3 Å². The Morgan fingerprint density at radius 2 is 2.00 bits per heavy atom. The van der Waals surface area contributed by atoms with Gasteiger partial charge in [-0.25, -0.2) is 0 Å². The summed E-state index contributed by atoms with van der Waals surface area (Å²) in [6.07, 6.45) is 2.09. The molecule has 0 aromatic heterocycles. The van der Waals surface area contributed by atoms with Crippen molar-refractivity contribution in [2.24, 2.45) is 5.41 Å². The first-order chi connectivity index (χ1) is 9.15. The van der Waals surface area contributed by atoms with Crippen molar-refractivity contribution < 1.29 is 9.53 Å². The van der Waals surface area contributed by atoms with Gasteiger partial charge in [0, 0.05) is 11.9 Å². The molecule has 1 aliphatic rings. The molecule has 0 unspecified atom stereocenters. The topological polar surface area (TPSA) is 29.5 Å². The molecule has 1 amide bonds. The number of carbonyl (C=O) groups is 1. The van der Waals surface area contributed by atoms with E-state index in [1.54, 1.807) is 0 Å². The van der Waals surface area contributed by atoms with Crippen molar-refractivity contribution in [2.75, 3.05) is 23.4 Å². The van der Waals surface area contributed by atoms with E-state index in [0.717, 1.165) is 36.2 Å². The number of para-hydroxylation sites is 2. The third-order valence-electron chi connectivity index (χ3n) is 4.09. The quantitative estimate of drug-likeness (QED) is 0.774. The number of fused-ring (bicyclic) bond motifs is 1. The third kappa shape index (κ3) is 2.78. The summed E-state index contributed by atoms with van der Waals surface area (Å²) in [7, 11) is 0. The van der Waals surface area contributed by atoms with E-state index in [1.165, 1.54) is 0 Å². The fraction of sp³-hybridized carbons (Fsp3) is 0.533. The molecule has 19 heavy (non-hydrogen) atoms. The van der Waals surface area contributed by atoms with Crippen molar-refractivity contribution in [3.63, 3.8) is 0 Å². The zero-order chi connectivity index (χ0) is 13.9. The van der Waals surface area contributed by atoms with Gasteiger partial charge in [-0.2, -0.15) is 0 Å². The third-order valence-corrected chi connectivity index (χ3v) is 5.27. The first-order valence-corrected chi connectivity index (χ1v) is 7.86. The van der Waals surface area contributed by atoms with Crippen LogP contribution in [0.15, 0.2) is 24.3 Å². The Labute approximate surface area is 123 Å². The first-order valence-electron chi connectivity index (χ1n) is 6.74. The predicted molar refractivity (Wildman–Crippen MR) is 81.1 cm³/mol. The lowest BCUT2D eigenvalue weighted by Crippen LogP contribution is -2.46. The summed E-state index contributed by atoms with van der Waals surface area (Å²) in [4.78, 5) is 14.1. The predicted octanol–water partition coefficient (Wildman–Crippen LogP) is 3.61. The van der Waals surface area contributed by atoms with Crippen LogP contribution in [0.3, 0.4) is 0 Å². The number of anilines is 1. The highest BCUT2D eigenvalue weighted by Gasteiger charge is 2.33. The summed E-state index contributed by atoms with van der Waals surface area (Å²) in [5.74, 6) is 0.851. The van der Waals surface area contributed by atoms with E-state index in [2.05, 4.69) is 29.8 Å². The van der Waals surface area contributed by atoms with Gasteiger partial charge in [-0.15, -0.1) is 0 Å². The maximum absolute atomic E-state index is 12.2. The molecule has 0 saturated carbocycles. The lowest BCUT2D eigenvalue weighted by atomic mass is 9.84. The summed E-state index contributed by atoms with van der Waals surface area (Å²) in [5, 5.41) is 0.903. The second-order valence-electron chi connectivity index (χ2n) is 5.08. The number of halogens is 1. The van der Waals surface area contributed by atoms with Crippen LogP contribution in [0.1, 0.15) is 26.7 Å². The molecule has 0 N–H and O–H groups in total. The van der Waals surface area contributed by atoms with Gasteiger partial charge < -0.3 is 9.64 Å². The molecule has 0 fully saturated rings. The minimum absolute atomic E-state index is 0.0472. The Hall–Kier alpha value is -1.03. The molecule has 0 spiro atoms. The molecule has 0 saturated heterocycles. The van der Waals surface area contributed by atoms with E-state index in [9.17, 15) is 4.79 Å². The van der Waals surface area contributed by atoms with Gasteiger partial charge in [0.15, 0.2) is 6.61 Å². The molecule has 1 aliphatic heterocycles. The van der Waals surface area contributed by atoms with Crippen molar-refractivity contribution in [3.8, 4) is 5.75 Å². The summed E-state index contributed by atoms with van der Waals surface area (Å²) < 4.78 is 5.48. The smallest absolute Gasteiger partial charge is 0.265 e. The molecule has 0 aliphatic carbocycles. The molecule has 2 rings (SSSR count). The Balaban J connectivity index is 2.31. The van der Waals surface area contributed by atoms with E-state index in [1.807, 2.05) is 29.2 Å². The van der Waals surface area contributed by atoms with E-state index in [4.69, 9.17) is 4.74 Å². The van der Waals surface area contributed by atoms with Crippen LogP contribution in [0.4, 0.5) is 5.69 Å². The van der Waals surface area contributed by atoms with E-state index in [-0.39, 0.29) is 17.9 Å². The number of rotatable bonds is 5. The largest absolute Gasteiger partial charge is 0.482 e. The molecule has 1 heterocycles. The number of amides is 1. The van der Waals surface area contributed by atoms with Crippen LogP contribution in [-0.2, 0) is 4.79 Å². The first kappa shape index (κ1) is 14.4. The summed E-state index contributed by atoms with van der Waals surface area (Å²) in [5.41, 5.74) is 1.02. The summed E-state index contributed by atoms with van der Waals surface area (Å²) >= 11 is 3.61. The second-order valence-corrected chi connectivity index (χ2v) is 5.64. The van der Waals surface area contributed by atoms with Crippen LogP contribution in [0.25, 0.3) is 0 Å². The van der Waals surface area contributed by atoms with Crippen LogP contribution in [0.5, 0.6) is 5.75 Å².